The van der Waals surface area contributed by atoms with Crippen LogP contribution in [0.3, 0.4) is 0 Å². The number of aromatic nitrogens is 1. The summed E-state index contributed by atoms with van der Waals surface area (Å²) in [5.74, 6) is 3.24. The Kier molecular flexibility index (Phi) is 3.98. The zero-order chi connectivity index (χ0) is 15.3. The quantitative estimate of drug-likeness (QED) is 0.758. The molecule has 0 radical (unpaired) electrons. The summed E-state index contributed by atoms with van der Waals surface area (Å²) in [4.78, 5) is 2.62. The maximum Gasteiger partial charge on any atom is 0.141 e. The third-order valence-corrected chi connectivity index (χ3v) is 7.03. The Hall–Kier alpha value is -0.540. The van der Waals surface area contributed by atoms with Gasteiger partial charge in [-0.3, -0.25) is 4.90 Å². The van der Waals surface area contributed by atoms with Gasteiger partial charge in [0.2, 0.25) is 0 Å². The van der Waals surface area contributed by atoms with Crippen molar-refractivity contribution in [1.29, 1.82) is 0 Å². The Morgan fingerprint density at radius 1 is 1.18 bits per heavy atom. The van der Waals surface area contributed by atoms with Crippen LogP contribution in [0.2, 0.25) is 0 Å². The van der Waals surface area contributed by atoms with Crippen LogP contribution < -0.4 is 0 Å². The van der Waals surface area contributed by atoms with Gasteiger partial charge in [-0.05, 0) is 70.8 Å². The number of piperidine rings is 1. The van der Waals surface area contributed by atoms with Gasteiger partial charge in [-0.1, -0.05) is 5.16 Å². The number of halogens is 1. The van der Waals surface area contributed by atoms with E-state index < -0.39 is 0 Å². The van der Waals surface area contributed by atoms with Crippen molar-refractivity contribution >= 4 is 11.6 Å². The molecule has 122 valence electrons. The minimum atomic E-state index is 0.408. The second-order valence-electron chi connectivity index (χ2n) is 7.77. The first-order valence-corrected chi connectivity index (χ1v) is 9.36. The van der Waals surface area contributed by atoms with E-state index >= 15 is 0 Å². The number of likely N-dealkylation sites (N-methyl/N-ethyl adjacent to an activating group) is 1. The summed E-state index contributed by atoms with van der Waals surface area (Å²) < 4.78 is 5.74. The van der Waals surface area contributed by atoms with Gasteiger partial charge in [0, 0.05) is 29.4 Å². The molecule has 1 aromatic rings. The molecule has 1 aromatic heterocycles. The molecular formula is C18H27ClN2O. The summed E-state index contributed by atoms with van der Waals surface area (Å²) >= 11 is 6.33. The molecule has 2 aliphatic heterocycles. The van der Waals surface area contributed by atoms with Crippen molar-refractivity contribution in [2.24, 2.45) is 11.8 Å². The molecule has 2 saturated heterocycles. The third-order valence-electron chi connectivity index (χ3n) is 6.60. The molecule has 1 aliphatic carbocycles. The number of rotatable bonds is 2. The minimum Gasteiger partial charge on any atom is -0.361 e. The number of hydrogen-bond donors (Lipinski definition) is 0. The third kappa shape index (κ3) is 2.50. The lowest BCUT2D eigenvalue weighted by Crippen LogP contribution is -2.47. The Bertz CT molecular complexity index is 523. The van der Waals surface area contributed by atoms with Crippen LogP contribution in [-0.2, 0) is 0 Å². The fourth-order valence-electron chi connectivity index (χ4n) is 5.44. The monoisotopic (exact) mass is 322 g/mol. The first-order chi connectivity index (χ1) is 10.6. The normalized spacial score (nSPS) is 42.7. The lowest BCUT2D eigenvalue weighted by molar-refractivity contribution is 0.0519. The van der Waals surface area contributed by atoms with Crippen LogP contribution in [-0.4, -0.2) is 34.6 Å². The van der Waals surface area contributed by atoms with Crippen LogP contribution >= 0.6 is 11.6 Å². The van der Waals surface area contributed by atoms with Gasteiger partial charge in [0.05, 0.1) is 5.69 Å². The molecule has 3 heterocycles. The van der Waals surface area contributed by atoms with E-state index in [4.69, 9.17) is 16.1 Å². The standard InChI is InChI=1S/C18H27ClN2O/c1-11-9-17(22-20-11)18-15(12-3-5-13(19)6-4-12)10-14-7-8-16(18)21(14)2/h9,12-16,18H,3-8,10H2,1-2H3/t12?,13?,14-,15-,16?,18?/m1/s1. The van der Waals surface area contributed by atoms with Gasteiger partial charge in [0.1, 0.15) is 5.76 Å². The van der Waals surface area contributed by atoms with Crippen LogP contribution in [0, 0.1) is 18.8 Å². The van der Waals surface area contributed by atoms with E-state index in [9.17, 15) is 0 Å². The molecule has 3 fully saturated rings. The molecule has 4 heteroatoms. The zero-order valence-electron chi connectivity index (χ0n) is 13.7. The molecule has 0 aromatic carbocycles. The molecule has 22 heavy (non-hydrogen) atoms. The van der Waals surface area contributed by atoms with E-state index in [1.54, 1.807) is 0 Å². The van der Waals surface area contributed by atoms with Crippen molar-refractivity contribution in [3.63, 3.8) is 0 Å². The predicted octanol–water partition coefficient (Wildman–Crippen LogP) is 4.35. The van der Waals surface area contributed by atoms with Crippen molar-refractivity contribution in [1.82, 2.24) is 10.1 Å². The molecule has 4 atom stereocenters. The lowest BCUT2D eigenvalue weighted by Gasteiger charge is -2.46. The molecule has 2 bridgehead atoms. The van der Waals surface area contributed by atoms with Crippen LogP contribution in [0.4, 0.5) is 0 Å². The smallest absolute Gasteiger partial charge is 0.141 e. The van der Waals surface area contributed by atoms with E-state index in [0.717, 1.165) is 29.3 Å². The molecule has 0 amide bonds. The number of hydrogen-bond acceptors (Lipinski definition) is 3. The number of aryl methyl sites for hydroxylation is 1. The molecule has 0 N–H and O–H groups in total. The molecule has 0 spiro atoms. The van der Waals surface area contributed by atoms with E-state index in [1.165, 1.54) is 44.9 Å². The Labute approximate surface area is 138 Å². The highest BCUT2D eigenvalue weighted by Gasteiger charge is 2.49. The Balaban J connectivity index is 1.63. The van der Waals surface area contributed by atoms with Crippen molar-refractivity contribution in [3.05, 3.63) is 17.5 Å². The van der Waals surface area contributed by atoms with Gasteiger partial charge in [0.25, 0.3) is 0 Å². The van der Waals surface area contributed by atoms with Gasteiger partial charge in [-0.15, -0.1) is 11.6 Å². The van der Waals surface area contributed by atoms with Crippen molar-refractivity contribution in [3.8, 4) is 0 Å². The topological polar surface area (TPSA) is 29.3 Å². The summed E-state index contributed by atoms with van der Waals surface area (Å²) in [5.41, 5.74) is 1.01. The maximum absolute atomic E-state index is 6.33. The van der Waals surface area contributed by atoms with Gasteiger partial charge in [-0.2, -0.15) is 0 Å². The highest BCUT2D eigenvalue weighted by atomic mass is 35.5. The van der Waals surface area contributed by atoms with Gasteiger partial charge in [-0.25, -0.2) is 0 Å². The van der Waals surface area contributed by atoms with E-state index in [2.05, 4.69) is 23.2 Å². The number of nitrogens with zero attached hydrogens (tertiary/aromatic N) is 2. The van der Waals surface area contributed by atoms with Crippen molar-refractivity contribution in [2.75, 3.05) is 7.05 Å². The number of fused-ring (bicyclic) bond motifs is 2. The zero-order valence-corrected chi connectivity index (χ0v) is 14.4. The largest absolute Gasteiger partial charge is 0.361 e. The Morgan fingerprint density at radius 3 is 2.64 bits per heavy atom. The summed E-state index contributed by atoms with van der Waals surface area (Å²) in [6, 6.07) is 3.60. The highest BCUT2D eigenvalue weighted by molar-refractivity contribution is 6.20. The van der Waals surface area contributed by atoms with Crippen molar-refractivity contribution < 1.29 is 4.52 Å². The number of alkyl halides is 1. The molecule has 4 rings (SSSR count). The average Bonchev–Trinajstić information content (AvgIpc) is 3.02. The van der Waals surface area contributed by atoms with Crippen molar-refractivity contribution in [2.45, 2.75) is 75.2 Å². The van der Waals surface area contributed by atoms with Crippen LogP contribution in [0.25, 0.3) is 0 Å². The first-order valence-electron chi connectivity index (χ1n) is 8.92. The maximum atomic E-state index is 6.33. The molecule has 3 nitrogen and oxygen atoms in total. The van der Waals surface area contributed by atoms with Gasteiger partial charge >= 0.3 is 0 Å². The van der Waals surface area contributed by atoms with Gasteiger partial charge in [0.15, 0.2) is 0 Å². The molecule has 2 unspecified atom stereocenters. The van der Waals surface area contributed by atoms with Gasteiger partial charge < -0.3 is 4.52 Å². The van der Waals surface area contributed by atoms with Crippen LogP contribution in [0.1, 0.15) is 62.3 Å². The minimum absolute atomic E-state index is 0.408. The second kappa shape index (κ2) is 5.83. The molecule has 3 aliphatic rings. The predicted molar refractivity (Wildman–Crippen MR) is 88.3 cm³/mol. The SMILES string of the molecule is Cc1cc(C2C3CC[C@H](C[C@@H]2C2CCC(Cl)CC2)N3C)on1. The van der Waals surface area contributed by atoms with Crippen LogP contribution in [0.5, 0.6) is 0 Å². The van der Waals surface area contributed by atoms with E-state index in [1.807, 2.05) is 6.92 Å². The second-order valence-corrected chi connectivity index (χ2v) is 8.39. The fraction of sp³-hybridized carbons (Fsp3) is 0.833. The lowest BCUT2D eigenvalue weighted by atomic mass is 9.67. The summed E-state index contributed by atoms with van der Waals surface area (Å²) in [6.45, 7) is 2.03. The highest BCUT2D eigenvalue weighted by Crippen LogP contribution is 2.52. The average molecular weight is 323 g/mol. The van der Waals surface area contributed by atoms with E-state index in [-0.39, 0.29) is 0 Å². The van der Waals surface area contributed by atoms with Crippen LogP contribution in [0.15, 0.2) is 10.6 Å². The summed E-state index contributed by atoms with van der Waals surface area (Å²) in [7, 11) is 2.31. The molecule has 1 saturated carbocycles. The first kappa shape index (κ1) is 15.0. The fourth-order valence-corrected chi connectivity index (χ4v) is 5.69. The molecular weight excluding hydrogens is 296 g/mol. The summed E-state index contributed by atoms with van der Waals surface area (Å²) in [6.07, 6.45) is 8.97. The Morgan fingerprint density at radius 2 is 1.95 bits per heavy atom. The summed E-state index contributed by atoms with van der Waals surface area (Å²) in [5, 5.41) is 4.58. The van der Waals surface area contributed by atoms with E-state index in [0.29, 0.717) is 17.3 Å².